The molecule has 1 fully saturated rings. The summed E-state index contributed by atoms with van der Waals surface area (Å²) in [6, 6.07) is 26.0. The Bertz CT molecular complexity index is 1160. The van der Waals surface area contributed by atoms with Gasteiger partial charge in [0.25, 0.3) is 5.91 Å². The van der Waals surface area contributed by atoms with E-state index in [2.05, 4.69) is 15.5 Å². The van der Waals surface area contributed by atoms with Crippen LogP contribution in [0.3, 0.4) is 0 Å². The van der Waals surface area contributed by atoms with Crippen LogP contribution in [-0.4, -0.2) is 42.1 Å². The molecule has 1 heterocycles. The van der Waals surface area contributed by atoms with Crippen molar-refractivity contribution in [1.29, 1.82) is 0 Å². The Morgan fingerprint density at radius 2 is 1.46 bits per heavy atom. The number of Topliss-reactive ketones (excluding diaryl/α,β-unsaturated/α-hetero) is 1. The summed E-state index contributed by atoms with van der Waals surface area (Å²) in [4.78, 5) is 40.5. The van der Waals surface area contributed by atoms with Crippen molar-refractivity contribution < 1.29 is 14.4 Å². The summed E-state index contributed by atoms with van der Waals surface area (Å²) in [7, 11) is 0. The van der Waals surface area contributed by atoms with Gasteiger partial charge in [0.15, 0.2) is 5.78 Å². The van der Waals surface area contributed by atoms with Gasteiger partial charge >= 0.3 is 0 Å². The number of hydrogen-bond donors (Lipinski definition) is 2. The second-order valence-corrected chi connectivity index (χ2v) is 8.98. The van der Waals surface area contributed by atoms with Gasteiger partial charge in [0.05, 0.1) is 23.8 Å². The zero-order valence-electron chi connectivity index (χ0n) is 19.9. The predicted octanol–water partition coefficient (Wildman–Crippen LogP) is 4.71. The summed E-state index contributed by atoms with van der Waals surface area (Å²) in [6.07, 6.45) is 1.47. The highest BCUT2D eigenvalue weighted by molar-refractivity contribution is 6.04. The average molecular weight is 470 g/mol. The van der Waals surface area contributed by atoms with Gasteiger partial charge in [-0.05, 0) is 50.6 Å². The zero-order chi connectivity index (χ0) is 24.6. The molecule has 0 aromatic heterocycles. The molecule has 0 radical (unpaired) electrons. The minimum Gasteiger partial charge on any atom is -0.345 e. The third kappa shape index (κ3) is 6.43. The number of amides is 2. The number of rotatable bonds is 8. The molecule has 6 nitrogen and oxygen atoms in total. The largest absolute Gasteiger partial charge is 0.345 e. The lowest BCUT2D eigenvalue weighted by Crippen LogP contribution is -2.41. The highest BCUT2D eigenvalue weighted by atomic mass is 16.2. The van der Waals surface area contributed by atoms with Gasteiger partial charge in [-0.25, -0.2) is 0 Å². The number of nitrogens with zero attached hydrogens (tertiary/aromatic N) is 1. The van der Waals surface area contributed by atoms with Crippen LogP contribution in [-0.2, 0) is 4.79 Å². The first-order chi connectivity index (χ1) is 17.0. The SMILES string of the molecule is CC(NC(=O)c1ccccc1NC(=O)CN1CCC(C(=O)c2ccccc2)CC1)c1ccccc1. The lowest BCUT2D eigenvalue weighted by atomic mass is 9.89. The van der Waals surface area contributed by atoms with Crippen molar-refractivity contribution >= 4 is 23.3 Å². The number of anilines is 1. The molecule has 0 aliphatic carbocycles. The van der Waals surface area contributed by atoms with Gasteiger partial charge in [0.2, 0.25) is 5.91 Å². The zero-order valence-corrected chi connectivity index (χ0v) is 19.9. The number of para-hydroxylation sites is 1. The Hall–Kier alpha value is -3.77. The minimum atomic E-state index is -0.238. The van der Waals surface area contributed by atoms with Crippen LogP contribution >= 0.6 is 0 Å². The lowest BCUT2D eigenvalue weighted by Gasteiger charge is -2.30. The minimum absolute atomic E-state index is 0.00672. The first-order valence-electron chi connectivity index (χ1n) is 12.1. The molecule has 1 atom stereocenters. The van der Waals surface area contributed by atoms with E-state index in [1.54, 1.807) is 24.3 Å². The Labute approximate surface area is 206 Å². The maximum atomic E-state index is 12.9. The summed E-state index contributed by atoms with van der Waals surface area (Å²) in [6.45, 7) is 3.53. The number of likely N-dealkylation sites (tertiary alicyclic amines) is 1. The molecule has 35 heavy (non-hydrogen) atoms. The number of ketones is 1. The monoisotopic (exact) mass is 469 g/mol. The van der Waals surface area contributed by atoms with E-state index in [0.29, 0.717) is 24.3 Å². The number of carbonyl (C=O) groups excluding carboxylic acids is 3. The lowest BCUT2D eigenvalue weighted by molar-refractivity contribution is -0.117. The summed E-state index contributed by atoms with van der Waals surface area (Å²) in [5.74, 6) is -0.237. The molecule has 3 aromatic rings. The van der Waals surface area contributed by atoms with Crippen molar-refractivity contribution in [3.05, 3.63) is 102 Å². The highest BCUT2D eigenvalue weighted by Gasteiger charge is 2.27. The molecule has 6 heteroatoms. The normalized spacial score (nSPS) is 15.2. The van der Waals surface area contributed by atoms with Crippen molar-refractivity contribution in [2.45, 2.75) is 25.8 Å². The smallest absolute Gasteiger partial charge is 0.253 e. The first kappa shape index (κ1) is 24.4. The number of nitrogens with one attached hydrogen (secondary N) is 2. The molecular formula is C29H31N3O3. The summed E-state index contributed by atoms with van der Waals surface area (Å²) in [5.41, 5.74) is 2.68. The molecule has 3 aromatic carbocycles. The number of carbonyl (C=O) groups is 3. The van der Waals surface area contributed by atoms with Crippen LogP contribution in [0.5, 0.6) is 0 Å². The van der Waals surface area contributed by atoms with Gasteiger partial charge in [-0.2, -0.15) is 0 Å². The fraction of sp³-hybridized carbons (Fsp3) is 0.276. The topological polar surface area (TPSA) is 78.5 Å². The third-order valence-corrected chi connectivity index (χ3v) is 6.48. The fourth-order valence-electron chi connectivity index (χ4n) is 4.47. The molecule has 1 saturated heterocycles. The maximum Gasteiger partial charge on any atom is 0.253 e. The van der Waals surface area contributed by atoms with Crippen molar-refractivity contribution in [2.75, 3.05) is 25.0 Å². The van der Waals surface area contributed by atoms with Crippen LogP contribution < -0.4 is 10.6 Å². The van der Waals surface area contributed by atoms with E-state index < -0.39 is 0 Å². The van der Waals surface area contributed by atoms with Crippen molar-refractivity contribution in [1.82, 2.24) is 10.2 Å². The third-order valence-electron chi connectivity index (χ3n) is 6.48. The molecule has 0 saturated carbocycles. The predicted molar refractivity (Wildman–Crippen MR) is 137 cm³/mol. The molecule has 2 N–H and O–H groups in total. The number of piperidine rings is 1. The van der Waals surface area contributed by atoms with E-state index in [9.17, 15) is 14.4 Å². The molecule has 1 aliphatic heterocycles. The molecule has 0 spiro atoms. The van der Waals surface area contributed by atoms with E-state index >= 15 is 0 Å². The van der Waals surface area contributed by atoms with Crippen LogP contribution in [0, 0.1) is 5.92 Å². The maximum absolute atomic E-state index is 12.9. The van der Waals surface area contributed by atoms with Crippen molar-refractivity contribution in [3.8, 4) is 0 Å². The standard InChI is InChI=1S/C29H31N3O3/c1-21(22-10-4-2-5-11-22)30-29(35)25-14-8-9-15-26(25)31-27(33)20-32-18-16-24(17-19-32)28(34)23-12-6-3-7-13-23/h2-15,21,24H,16-20H2,1H3,(H,30,35)(H,31,33). The molecule has 1 unspecified atom stereocenters. The second kappa shape index (κ2) is 11.6. The Balaban J connectivity index is 1.30. The number of hydrogen-bond acceptors (Lipinski definition) is 4. The van der Waals surface area contributed by atoms with E-state index in [1.165, 1.54) is 0 Å². The summed E-state index contributed by atoms with van der Waals surface area (Å²) in [5, 5.41) is 5.91. The van der Waals surface area contributed by atoms with Crippen LogP contribution in [0.25, 0.3) is 0 Å². The van der Waals surface area contributed by atoms with E-state index in [0.717, 1.165) is 24.0 Å². The van der Waals surface area contributed by atoms with Crippen LogP contribution in [0.4, 0.5) is 5.69 Å². The van der Waals surface area contributed by atoms with Crippen LogP contribution in [0.1, 0.15) is 52.1 Å². The molecule has 1 aliphatic rings. The van der Waals surface area contributed by atoms with Gasteiger partial charge in [0, 0.05) is 11.5 Å². The van der Waals surface area contributed by atoms with Gasteiger partial charge in [-0.3, -0.25) is 19.3 Å². The highest BCUT2D eigenvalue weighted by Crippen LogP contribution is 2.22. The van der Waals surface area contributed by atoms with Crippen LogP contribution in [0.2, 0.25) is 0 Å². The van der Waals surface area contributed by atoms with Gasteiger partial charge in [0.1, 0.15) is 0 Å². The molecule has 0 bridgehead atoms. The summed E-state index contributed by atoms with van der Waals surface area (Å²) < 4.78 is 0. The molecule has 180 valence electrons. The molecule has 2 amide bonds. The summed E-state index contributed by atoms with van der Waals surface area (Å²) >= 11 is 0. The van der Waals surface area contributed by atoms with Crippen molar-refractivity contribution in [3.63, 3.8) is 0 Å². The van der Waals surface area contributed by atoms with Crippen LogP contribution in [0.15, 0.2) is 84.9 Å². The second-order valence-electron chi connectivity index (χ2n) is 8.98. The van der Waals surface area contributed by atoms with Crippen molar-refractivity contribution in [2.24, 2.45) is 5.92 Å². The van der Waals surface area contributed by atoms with E-state index in [-0.39, 0.29) is 36.1 Å². The average Bonchev–Trinajstić information content (AvgIpc) is 2.90. The Kier molecular flexibility index (Phi) is 8.06. The van der Waals surface area contributed by atoms with Gasteiger partial charge in [-0.15, -0.1) is 0 Å². The van der Waals surface area contributed by atoms with E-state index in [4.69, 9.17) is 0 Å². The molecular weight excluding hydrogens is 438 g/mol. The Morgan fingerprint density at radius 3 is 2.14 bits per heavy atom. The van der Waals surface area contributed by atoms with Gasteiger partial charge < -0.3 is 10.6 Å². The quantitative estimate of drug-likeness (QED) is 0.469. The van der Waals surface area contributed by atoms with E-state index in [1.807, 2.05) is 67.6 Å². The Morgan fingerprint density at radius 1 is 0.857 bits per heavy atom. The van der Waals surface area contributed by atoms with Gasteiger partial charge in [-0.1, -0.05) is 72.8 Å². The fourth-order valence-corrected chi connectivity index (χ4v) is 4.47. The molecule has 4 rings (SSSR count). The number of benzene rings is 3. The first-order valence-corrected chi connectivity index (χ1v) is 12.1.